The maximum Gasteiger partial charge on any atom is 0.315 e. The van der Waals surface area contributed by atoms with Gasteiger partial charge in [0.25, 0.3) is 0 Å². The summed E-state index contributed by atoms with van der Waals surface area (Å²) in [4.78, 5) is 11.8. The van der Waals surface area contributed by atoms with E-state index in [0.29, 0.717) is 17.9 Å². The van der Waals surface area contributed by atoms with Crippen molar-refractivity contribution in [3.63, 3.8) is 0 Å². The van der Waals surface area contributed by atoms with Crippen LogP contribution in [0.25, 0.3) is 11.3 Å². The summed E-state index contributed by atoms with van der Waals surface area (Å²) in [6.45, 7) is 0.186. The van der Waals surface area contributed by atoms with Gasteiger partial charge in [-0.3, -0.25) is 0 Å². The molecule has 1 aromatic heterocycles. The fraction of sp³-hybridized carbons (Fsp3) is 0.333. The second kappa shape index (κ2) is 6.41. The third-order valence-corrected chi connectivity index (χ3v) is 5.39. The standard InChI is InChI=1S/C15H17N3O4S/c19-15(17-12-6-7-23(20,21)10-12)16-9-13-8-14(18-22-13)11-4-2-1-3-5-11/h1-5,8,12H,6-7,9-10H2,(H2,16,17,19)/t12-/m1/s1. The number of aromatic nitrogens is 1. The highest BCUT2D eigenvalue weighted by Crippen LogP contribution is 2.18. The van der Waals surface area contributed by atoms with E-state index in [0.717, 1.165) is 5.56 Å². The highest BCUT2D eigenvalue weighted by Gasteiger charge is 2.28. The van der Waals surface area contributed by atoms with Gasteiger partial charge in [-0.05, 0) is 6.42 Å². The lowest BCUT2D eigenvalue weighted by Gasteiger charge is -2.10. The average Bonchev–Trinajstić information content (AvgIpc) is 3.13. The molecule has 1 aromatic carbocycles. The zero-order valence-corrected chi connectivity index (χ0v) is 13.2. The quantitative estimate of drug-likeness (QED) is 0.878. The van der Waals surface area contributed by atoms with Crippen LogP contribution >= 0.6 is 0 Å². The lowest BCUT2D eigenvalue weighted by atomic mass is 10.1. The molecule has 3 rings (SSSR count). The summed E-state index contributed by atoms with van der Waals surface area (Å²) >= 11 is 0. The first kappa shape index (κ1) is 15.5. The van der Waals surface area contributed by atoms with Crippen LogP contribution in [0.3, 0.4) is 0 Å². The monoisotopic (exact) mass is 335 g/mol. The van der Waals surface area contributed by atoms with Gasteiger partial charge in [-0.15, -0.1) is 0 Å². The minimum atomic E-state index is -3.01. The first-order valence-corrected chi connectivity index (χ1v) is 9.10. The molecule has 122 valence electrons. The molecular formula is C15H17N3O4S. The van der Waals surface area contributed by atoms with Crippen LogP contribution in [0.2, 0.25) is 0 Å². The average molecular weight is 335 g/mol. The Hall–Kier alpha value is -2.35. The molecule has 2 aromatic rings. The number of hydrogen-bond donors (Lipinski definition) is 2. The fourth-order valence-electron chi connectivity index (χ4n) is 2.45. The number of nitrogens with one attached hydrogen (secondary N) is 2. The van der Waals surface area contributed by atoms with E-state index < -0.39 is 15.9 Å². The van der Waals surface area contributed by atoms with E-state index in [1.807, 2.05) is 30.3 Å². The Balaban J connectivity index is 1.51. The second-order valence-corrected chi connectivity index (χ2v) is 7.70. The Morgan fingerprint density at radius 3 is 2.78 bits per heavy atom. The summed E-state index contributed by atoms with van der Waals surface area (Å²) in [5.74, 6) is 0.652. The smallest absolute Gasteiger partial charge is 0.315 e. The van der Waals surface area contributed by atoms with Crippen LogP contribution in [0.1, 0.15) is 12.2 Å². The van der Waals surface area contributed by atoms with Gasteiger partial charge in [-0.1, -0.05) is 35.5 Å². The van der Waals surface area contributed by atoms with Gasteiger partial charge >= 0.3 is 6.03 Å². The number of rotatable bonds is 4. The lowest BCUT2D eigenvalue weighted by molar-refractivity contribution is 0.236. The van der Waals surface area contributed by atoms with Gasteiger partial charge in [-0.25, -0.2) is 13.2 Å². The van der Waals surface area contributed by atoms with Crippen molar-refractivity contribution < 1.29 is 17.7 Å². The molecule has 1 fully saturated rings. The maximum absolute atomic E-state index is 11.8. The van der Waals surface area contributed by atoms with Crippen molar-refractivity contribution in [3.8, 4) is 11.3 Å². The summed E-state index contributed by atoms with van der Waals surface area (Å²) in [5.41, 5.74) is 1.63. The molecule has 0 saturated carbocycles. The summed E-state index contributed by atoms with van der Waals surface area (Å²) in [7, 11) is -3.01. The van der Waals surface area contributed by atoms with Gasteiger partial charge in [-0.2, -0.15) is 0 Å². The Morgan fingerprint density at radius 1 is 1.30 bits per heavy atom. The van der Waals surface area contributed by atoms with E-state index in [1.54, 1.807) is 6.07 Å². The molecule has 0 radical (unpaired) electrons. The molecule has 0 spiro atoms. The number of urea groups is 1. The van der Waals surface area contributed by atoms with Crippen molar-refractivity contribution >= 4 is 15.9 Å². The van der Waals surface area contributed by atoms with Crippen molar-refractivity contribution in [2.45, 2.75) is 19.0 Å². The highest BCUT2D eigenvalue weighted by molar-refractivity contribution is 7.91. The predicted octanol–water partition coefficient (Wildman–Crippen LogP) is 1.33. The summed E-state index contributed by atoms with van der Waals surface area (Å²) < 4.78 is 27.9. The number of hydrogen-bond acceptors (Lipinski definition) is 5. The zero-order valence-electron chi connectivity index (χ0n) is 12.4. The van der Waals surface area contributed by atoms with Crippen molar-refractivity contribution in [2.75, 3.05) is 11.5 Å². The number of sulfone groups is 1. The van der Waals surface area contributed by atoms with E-state index in [2.05, 4.69) is 15.8 Å². The van der Waals surface area contributed by atoms with Crippen LogP contribution in [0, 0.1) is 0 Å². The van der Waals surface area contributed by atoms with Crippen LogP contribution < -0.4 is 10.6 Å². The lowest BCUT2D eigenvalue weighted by Crippen LogP contribution is -2.42. The summed E-state index contributed by atoms with van der Waals surface area (Å²) in [6, 6.07) is 10.6. The van der Waals surface area contributed by atoms with Gasteiger partial charge in [0.15, 0.2) is 15.6 Å². The third-order valence-electron chi connectivity index (χ3n) is 3.62. The molecule has 0 bridgehead atoms. The SMILES string of the molecule is O=C(NCc1cc(-c2ccccc2)no1)N[C@@H]1CCS(=O)(=O)C1. The molecule has 8 heteroatoms. The van der Waals surface area contributed by atoms with Crippen molar-refractivity contribution in [3.05, 3.63) is 42.2 Å². The summed E-state index contributed by atoms with van der Waals surface area (Å²) in [6.07, 6.45) is 0.455. The van der Waals surface area contributed by atoms with E-state index in [9.17, 15) is 13.2 Å². The van der Waals surface area contributed by atoms with E-state index in [-0.39, 0.29) is 24.1 Å². The minimum Gasteiger partial charge on any atom is -0.359 e. The van der Waals surface area contributed by atoms with Gasteiger partial charge in [0.1, 0.15) is 5.69 Å². The van der Waals surface area contributed by atoms with Crippen LogP contribution in [0.15, 0.2) is 40.9 Å². The molecule has 1 aliphatic heterocycles. The van der Waals surface area contributed by atoms with Crippen molar-refractivity contribution in [1.82, 2.24) is 15.8 Å². The number of amides is 2. The van der Waals surface area contributed by atoms with E-state index in [1.165, 1.54) is 0 Å². The molecule has 23 heavy (non-hydrogen) atoms. The number of benzene rings is 1. The van der Waals surface area contributed by atoms with Crippen LogP contribution in [-0.4, -0.2) is 37.2 Å². The predicted molar refractivity (Wildman–Crippen MR) is 84.4 cm³/mol. The molecule has 2 amide bonds. The fourth-order valence-corrected chi connectivity index (χ4v) is 4.13. The molecule has 2 N–H and O–H groups in total. The van der Waals surface area contributed by atoms with Gasteiger partial charge in [0.05, 0.1) is 18.1 Å². The van der Waals surface area contributed by atoms with Gasteiger partial charge in [0, 0.05) is 17.7 Å². The Morgan fingerprint density at radius 2 is 2.09 bits per heavy atom. The molecule has 1 aliphatic rings. The number of carbonyl (C=O) groups is 1. The van der Waals surface area contributed by atoms with Crippen LogP contribution in [0.4, 0.5) is 4.79 Å². The topological polar surface area (TPSA) is 101 Å². The molecule has 0 aliphatic carbocycles. The molecule has 1 saturated heterocycles. The first-order chi connectivity index (χ1) is 11.0. The number of nitrogens with zero attached hydrogens (tertiary/aromatic N) is 1. The Bertz CT molecular complexity index is 786. The van der Waals surface area contributed by atoms with Crippen LogP contribution in [0.5, 0.6) is 0 Å². The van der Waals surface area contributed by atoms with E-state index >= 15 is 0 Å². The first-order valence-electron chi connectivity index (χ1n) is 7.28. The van der Waals surface area contributed by atoms with Gasteiger partial charge < -0.3 is 15.2 Å². The third kappa shape index (κ3) is 4.10. The van der Waals surface area contributed by atoms with Crippen LogP contribution in [-0.2, 0) is 16.4 Å². The molecular weight excluding hydrogens is 318 g/mol. The van der Waals surface area contributed by atoms with Gasteiger partial charge in [0.2, 0.25) is 0 Å². The molecule has 0 unspecified atom stereocenters. The normalized spacial score (nSPS) is 19.4. The largest absolute Gasteiger partial charge is 0.359 e. The van der Waals surface area contributed by atoms with E-state index in [4.69, 9.17) is 4.52 Å². The summed E-state index contributed by atoms with van der Waals surface area (Å²) in [5, 5.41) is 9.25. The Kier molecular flexibility index (Phi) is 4.33. The van der Waals surface area contributed by atoms with Crippen molar-refractivity contribution in [2.24, 2.45) is 0 Å². The maximum atomic E-state index is 11.8. The zero-order chi connectivity index (χ0) is 16.3. The number of carbonyl (C=O) groups excluding carboxylic acids is 1. The Labute approximate surface area is 134 Å². The van der Waals surface area contributed by atoms with Crippen molar-refractivity contribution in [1.29, 1.82) is 0 Å². The molecule has 2 heterocycles. The minimum absolute atomic E-state index is 0.000876. The molecule has 1 atom stereocenters. The molecule has 7 nitrogen and oxygen atoms in total. The second-order valence-electron chi connectivity index (χ2n) is 5.47. The highest BCUT2D eigenvalue weighted by atomic mass is 32.2.